The number of benzene rings is 3. The number of aryl methyl sites for hydroxylation is 2. The van der Waals surface area contributed by atoms with E-state index >= 15 is 0 Å². The van der Waals surface area contributed by atoms with Crippen molar-refractivity contribution in [2.75, 3.05) is 12.0 Å². The van der Waals surface area contributed by atoms with Gasteiger partial charge in [-0.3, -0.25) is 4.98 Å². The number of hydrogen-bond acceptors (Lipinski definition) is 4. The molecule has 0 spiro atoms. The Bertz CT molecular complexity index is 1730. The predicted molar refractivity (Wildman–Crippen MR) is 172 cm³/mol. The molecule has 0 saturated carbocycles. The Kier molecular flexibility index (Phi) is 7.43. The summed E-state index contributed by atoms with van der Waals surface area (Å²) in [5.41, 5.74) is 9.24. The minimum atomic E-state index is -0.124. The summed E-state index contributed by atoms with van der Waals surface area (Å²) in [5, 5.41) is 4.25. The molecular weight excluding hydrogens is 540 g/mol. The standard InChI is InChI=1S/C35H34N4O2S/c1-22-9-8-11-32(24(22)3)38-23(2)21-30(25(38)4)34-33(31-10-6-7-20-36-31)37-35(42)39(34)26-12-14-28(15-13-26)41-29-18-16-27(40-5)17-19-29/h6-21,33-34H,1-5H3,(H,37,42)/t33-,34-/m0/s1. The van der Waals surface area contributed by atoms with Crippen molar-refractivity contribution in [1.29, 1.82) is 0 Å². The number of methoxy groups -OCH3 is 1. The third kappa shape index (κ3) is 5.01. The zero-order chi connectivity index (χ0) is 29.4. The third-order valence-corrected chi connectivity index (χ3v) is 8.43. The van der Waals surface area contributed by atoms with Gasteiger partial charge >= 0.3 is 0 Å². The molecule has 1 aliphatic heterocycles. The Labute approximate surface area is 252 Å². The van der Waals surface area contributed by atoms with E-state index in [1.54, 1.807) is 7.11 Å². The van der Waals surface area contributed by atoms with Crippen molar-refractivity contribution in [1.82, 2.24) is 14.9 Å². The molecule has 0 amide bonds. The van der Waals surface area contributed by atoms with E-state index in [1.165, 1.54) is 33.8 Å². The lowest BCUT2D eigenvalue weighted by atomic mass is 9.96. The second-order valence-electron chi connectivity index (χ2n) is 10.6. The summed E-state index contributed by atoms with van der Waals surface area (Å²) in [5.74, 6) is 2.28. The lowest BCUT2D eigenvalue weighted by molar-refractivity contribution is 0.413. The van der Waals surface area contributed by atoms with Crippen molar-refractivity contribution < 1.29 is 9.47 Å². The quantitative estimate of drug-likeness (QED) is 0.198. The van der Waals surface area contributed by atoms with Crippen molar-refractivity contribution in [3.8, 4) is 22.9 Å². The van der Waals surface area contributed by atoms with Crippen molar-refractivity contribution >= 4 is 23.0 Å². The molecule has 2 aromatic heterocycles. The maximum absolute atomic E-state index is 6.10. The van der Waals surface area contributed by atoms with Crippen LogP contribution in [0.4, 0.5) is 5.69 Å². The highest BCUT2D eigenvalue weighted by Crippen LogP contribution is 2.44. The van der Waals surface area contributed by atoms with Crippen LogP contribution in [0.1, 0.15) is 45.9 Å². The number of pyridine rings is 1. The molecule has 42 heavy (non-hydrogen) atoms. The number of ether oxygens (including phenoxy) is 2. The summed E-state index contributed by atoms with van der Waals surface area (Å²) in [7, 11) is 1.65. The van der Waals surface area contributed by atoms with Crippen molar-refractivity contribution in [3.05, 3.63) is 131 Å². The minimum absolute atomic E-state index is 0.106. The first-order valence-corrected chi connectivity index (χ1v) is 14.4. The first-order valence-electron chi connectivity index (χ1n) is 14.0. The Hall–Kier alpha value is -4.62. The van der Waals surface area contributed by atoms with Gasteiger partial charge in [-0.2, -0.15) is 0 Å². The third-order valence-electron chi connectivity index (χ3n) is 8.11. The number of rotatable bonds is 7. The summed E-state index contributed by atoms with van der Waals surface area (Å²) >= 11 is 5.99. The largest absolute Gasteiger partial charge is 0.497 e. The molecule has 1 fully saturated rings. The maximum Gasteiger partial charge on any atom is 0.174 e. The molecule has 212 valence electrons. The lowest BCUT2D eigenvalue weighted by Crippen LogP contribution is -2.29. The molecule has 0 radical (unpaired) electrons. The topological polar surface area (TPSA) is 51.6 Å². The Balaban J connectivity index is 1.40. The van der Waals surface area contributed by atoms with Crippen LogP contribution in [0.15, 0.2) is 97.2 Å². The zero-order valence-electron chi connectivity index (χ0n) is 24.5. The summed E-state index contributed by atoms with van der Waals surface area (Å²) in [6, 6.07) is 30.2. The van der Waals surface area contributed by atoms with Crippen LogP contribution < -0.4 is 19.7 Å². The number of hydrogen-bond donors (Lipinski definition) is 1. The van der Waals surface area contributed by atoms with E-state index in [-0.39, 0.29) is 12.1 Å². The van der Waals surface area contributed by atoms with Crippen LogP contribution in [0, 0.1) is 27.7 Å². The van der Waals surface area contributed by atoms with Crippen LogP contribution in [0.3, 0.4) is 0 Å². The van der Waals surface area contributed by atoms with Crippen molar-refractivity contribution in [2.24, 2.45) is 0 Å². The van der Waals surface area contributed by atoms with Crippen LogP contribution in [-0.2, 0) is 0 Å². The Morgan fingerprint density at radius 2 is 1.50 bits per heavy atom. The first kappa shape index (κ1) is 27.5. The number of thiocarbonyl (C=S) groups is 1. The van der Waals surface area contributed by atoms with Gasteiger partial charge in [-0.15, -0.1) is 0 Å². The predicted octanol–water partition coefficient (Wildman–Crippen LogP) is 8.08. The molecule has 2 atom stereocenters. The van der Waals surface area contributed by atoms with Crippen LogP contribution in [0.5, 0.6) is 17.2 Å². The van der Waals surface area contributed by atoms with Crippen molar-refractivity contribution in [3.63, 3.8) is 0 Å². The van der Waals surface area contributed by atoms with Gasteiger partial charge in [0.15, 0.2) is 5.11 Å². The summed E-state index contributed by atoms with van der Waals surface area (Å²) in [6.07, 6.45) is 1.84. The number of anilines is 1. The molecule has 7 heteroatoms. The van der Waals surface area contributed by atoms with Gasteiger partial charge in [0.1, 0.15) is 17.2 Å². The molecule has 6 rings (SSSR count). The zero-order valence-corrected chi connectivity index (χ0v) is 25.3. The normalized spacial score (nSPS) is 16.4. The maximum atomic E-state index is 6.10. The van der Waals surface area contributed by atoms with Gasteiger partial charge < -0.3 is 24.3 Å². The van der Waals surface area contributed by atoms with Gasteiger partial charge in [0.25, 0.3) is 0 Å². The Morgan fingerprint density at radius 1 is 0.810 bits per heavy atom. The van der Waals surface area contributed by atoms with E-state index in [2.05, 4.69) is 84.9 Å². The van der Waals surface area contributed by atoms with Crippen LogP contribution >= 0.6 is 12.2 Å². The van der Waals surface area contributed by atoms with Gasteiger partial charge in [-0.25, -0.2) is 0 Å². The lowest BCUT2D eigenvalue weighted by Gasteiger charge is -2.28. The van der Waals surface area contributed by atoms with Crippen molar-refractivity contribution in [2.45, 2.75) is 39.8 Å². The molecule has 1 aliphatic rings. The molecule has 3 heterocycles. The average Bonchev–Trinajstić information content (AvgIpc) is 3.50. The van der Waals surface area contributed by atoms with Gasteiger partial charge in [0, 0.05) is 29.0 Å². The minimum Gasteiger partial charge on any atom is -0.497 e. The molecule has 0 unspecified atom stereocenters. The van der Waals surface area contributed by atoms with Crippen LogP contribution in [0.25, 0.3) is 5.69 Å². The van der Waals surface area contributed by atoms with E-state index in [0.717, 1.165) is 28.6 Å². The van der Waals surface area contributed by atoms with Gasteiger partial charge in [0.05, 0.1) is 24.9 Å². The van der Waals surface area contributed by atoms with Gasteiger partial charge in [-0.1, -0.05) is 18.2 Å². The number of nitrogens with one attached hydrogen (secondary N) is 1. The summed E-state index contributed by atoms with van der Waals surface area (Å²) < 4.78 is 13.7. The molecule has 5 aromatic rings. The van der Waals surface area contributed by atoms with E-state index in [1.807, 2.05) is 54.7 Å². The monoisotopic (exact) mass is 574 g/mol. The van der Waals surface area contributed by atoms with E-state index in [4.69, 9.17) is 26.7 Å². The second kappa shape index (κ2) is 11.3. The highest BCUT2D eigenvalue weighted by molar-refractivity contribution is 7.80. The van der Waals surface area contributed by atoms with Crippen LogP contribution in [-0.4, -0.2) is 21.8 Å². The smallest absolute Gasteiger partial charge is 0.174 e. The van der Waals surface area contributed by atoms with Gasteiger partial charge in [0.2, 0.25) is 0 Å². The SMILES string of the molecule is COc1ccc(Oc2ccc(N3C(=S)N[C@@H](c4ccccn4)[C@@H]3c3cc(C)n(-c4cccc(C)c4C)c3C)cc2)cc1. The number of nitrogens with zero attached hydrogens (tertiary/aromatic N) is 3. The molecule has 1 saturated heterocycles. The molecule has 6 nitrogen and oxygen atoms in total. The molecular formula is C35H34N4O2S. The molecule has 0 aliphatic carbocycles. The van der Waals surface area contributed by atoms with E-state index < -0.39 is 0 Å². The molecule has 3 aromatic carbocycles. The Morgan fingerprint density at radius 3 is 2.17 bits per heavy atom. The molecule has 1 N–H and O–H groups in total. The second-order valence-corrected chi connectivity index (χ2v) is 11.0. The van der Waals surface area contributed by atoms with Gasteiger partial charge in [-0.05, 0) is 129 Å². The fraction of sp³-hybridized carbons (Fsp3) is 0.200. The highest BCUT2D eigenvalue weighted by atomic mass is 32.1. The highest BCUT2D eigenvalue weighted by Gasteiger charge is 2.42. The van der Waals surface area contributed by atoms with Crippen LogP contribution in [0.2, 0.25) is 0 Å². The first-order chi connectivity index (χ1) is 20.4. The average molecular weight is 575 g/mol. The number of aromatic nitrogens is 2. The summed E-state index contributed by atoms with van der Waals surface area (Å²) in [4.78, 5) is 6.94. The fourth-order valence-electron chi connectivity index (χ4n) is 5.84. The van der Waals surface area contributed by atoms with E-state index in [0.29, 0.717) is 5.11 Å². The fourth-order valence-corrected chi connectivity index (χ4v) is 6.19. The van der Waals surface area contributed by atoms with E-state index in [9.17, 15) is 0 Å². The summed E-state index contributed by atoms with van der Waals surface area (Å²) in [6.45, 7) is 8.72. The molecule has 0 bridgehead atoms.